The standard InChI is InChI=1S/C16H22N4O/c1-3-19(14-4-6-17-10-14)11-13-9-16(21)20-7-5-12(2)8-15(20)18-13/h5,7-9,14,17H,3-4,6,10-11H2,1-2H3. The summed E-state index contributed by atoms with van der Waals surface area (Å²) in [6, 6.07) is 6.09. The van der Waals surface area contributed by atoms with Gasteiger partial charge in [-0.2, -0.15) is 0 Å². The van der Waals surface area contributed by atoms with Crippen molar-refractivity contribution >= 4 is 5.65 Å². The monoisotopic (exact) mass is 286 g/mol. The zero-order valence-electron chi connectivity index (χ0n) is 12.7. The van der Waals surface area contributed by atoms with Crippen molar-refractivity contribution in [3.05, 3.63) is 46.0 Å². The first kappa shape index (κ1) is 14.2. The third-order valence-corrected chi connectivity index (χ3v) is 4.20. The fraction of sp³-hybridized carbons (Fsp3) is 0.500. The lowest BCUT2D eigenvalue weighted by Crippen LogP contribution is -2.36. The number of pyridine rings is 1. The van der Waals surface area contributed by atoms with Gasteiger partial charge in [0.2, 0.25) is 0 Å². The summed E-state index contributed by atoms with van der Waals surface area (Å²) in [7, 11) is 0. The summed E-state index contributed by atoms with van der Waals surface area (Å²) in [6.45, 7) is 8.00. The van der Waals surface area contributed by atoms with Crippen LogP contribution in [0.1, 0.15) is 24.6 Å². The minimum atomic E-state index is -0.00407. The molecule has 0 amide bonds. The van der Waals surface area contributed by atoms with E-state index in [9.17, 15) is 4.79 Å². The molecule has 5 nitrogen and oxygen atoms in total. The summed E-state index contributed by atoms with van der Waals surface area (Å²) in [6.07, 6.45) is 2.96. The van der Waals surface area contributed by atoms with Crippen molar-refractivity contribution in [3.8, 4) is 0 Å². The summed E-state index contributed by atoms with van der Waals surface area (Å²) in [5.41, 5.74) is 2.71. The Morgan fingerprint density at radius 1 is 1.48 bits per heavy atom. The van der Waals surface area contributed by atoms with Crippen molar-refractivity contribution in [2.45, 2.75) is 32.9 Å². The van der Waals surface area contributed by atoms with E-state index in [0.717, 1.165) is 43.1 Å². The molecular formula is C16H22N4O. The van der Waals surface area contributed by atoms with Gasteiger partial charge in [-0.1, -0.05) is 6.92 Å². The number of nitrogens with zero attached hydrogens (tertiary/aromatic N) is 3. The zero-order valence-corrected chi connectivity index (χ0v) is 12.7. The van der Waals surface area contributed by atoms with E-state index in [0.29, 0.717) is 6.04 Å². The number of nitrogens with one attached hydrogen (secondary N) is 1. The maximum Gasteiger partial charge on any atom is 0.258 e. The third-order valence-electron chi connectivity index (χ3n) is 4.20. The first-order chi connectivity index (χ1) is 10.2. The van der Waals surface area contributed by atoms with Crippen molar-refractivity contribution in [1.29, 1.82) is 0 Å². The molecule has 1 N–H and O–H groups in total. The summed E-state index contributed by atoms with van der Waals surface area (Å²) in [5.74, 6) is 0. The Morgan fingerprint density at radius 2 is 2.33 bits per heavy atom. The van der Waals surface area contributed by atoms with Crippen LogP contribution in [-0.4, -0.2) is 40.0 Å². The lowest BCUT2D eigenvalue weighted by atomic mass is 10.2. The van der Waals surface area contributed by atoms with Crippen LogP contribution in [-0.2, 0) is 6.54 Å². The van der Waals surface area contributed by atoms with Crippen molar-refractivity contribution in [2.24, 2.45) is 0 Å². The normalized spacial score (nSPS) is 18.7. The Hall–Kier alpha value is -1.72. The molecule has 3 heterocycles. The van der Waals surface area contributed by atoms with E-state index < -0.39 is 0 Å². The molecule has 0 saturated carbocycles. The molecule has 0 radical (unpaired) electrons. The third kappa shape index (κ3) is 2.99. The average Bonchev–Trinajstić information content (AvgIpc) is 2.98. The highest BCUT2D eigenvalue weighted by molar-refractivity contribution is 5.41. The second kappa shape index (κ2) is 5.95. The minimum Gasteiger partial charge on any atom is -0.315 e. The van der Waals surface area contributed by atoms with Gasteiger partial charge in [-0.05, 0) is 44.1 Å². The average molecular weight is 286 g/mol. The summed E-state index contributed by atoms with van der Waals surface area (Å²) in [5, 5.41) is 3.39. The second-order valence-corrected chi connectivity index (χ2v) is 5.73. The van der Waals surface area contributed by atoms with E-state index in [1.165, 1.54) is 6.42 Å². The number of aromatic nitrogens is 2. The molecular weight excluding hydrogens is 264 g/mol. The van der Waals surface area contributed by atoms with Crippen LogP contribution in [0.3, 0.4) is 0 Å². The first-order valence-corrected chi connectivity index (χ1v) is 7.61. The molecule has 112 valence electrons. The fourth-order valence-electron chi connectivity index (χ4n) is 2.99. The maximum atomic E-state index is 12.2. The van der Waals surface area contributed by atoms with Crippen molar-refractivity contribution in [2.75, 3.05) is 19.6 Å². The molecule has 5 heteroatoms. The van der Waals surface area contributed by atoms with E-state index in [2.05, 4.69) is 22.1 Å². The van der Waals surface area contributed by atoms with Gasteiger partial charge in [0, 0.05) is 31.4 Å². The highest BCUT2D eigenvalue weighted by Crippen LogP contribution is 2.12. The second-order valence-electron chi connectivity index (χ2n) is 5.73. The van der Waals surface area contributed by atoms with Crippen LogP contribution in [0.5, 0.6) is 0 Å². The van der Waals surface area contributed by atoms with Gasteiger partial charge in [0.05, 0.1) is 5.69 Å². The molecule has 1 saturated heterocycles. The Bertz CT molecular complexity index is 688. The predicted molar refractivity (Wildman–Crippen MR) is 83.6 cm³/mol. The molecule has 21 heavy (non-hydrogen) atoms. The number of aryl methyl sites for hydroxylation is 1. The lowest BCUT2D eigenvalue weighted by Gasteiger charge is -2.26. The van der Waals surface area contributed by atoms with Gasteiger partial charge in [0.25, 0.3) is 5.56 Å². The molecule has 0 bridgehead atoms. The minimum absolute atomic E-state index is 0.00407. The number of fused-ring (bicyclic) bond motifs is 1. The van der Waals surface area contributed by atoms with Gasteiger partial charge in [-0.25, -0.2) is 4.98 Å². The van der Waals surface area contributed by atoms with E-state index in [1.807, 2.05) is 19.1 Å². The molecule has 1 fully saturated rings. The smallest absolute Gasteiger partial charge is 0.258 e. The molecule has 1 aliphatic heterocycles. The predicted octanol–water partition coefficient (Wildman–Crippen LogP) is 1.19. The van der Waals surface area contributed by atoms with Crippen LogP contribution >= 0.6 is 0 Å². The van der Waals surface area contributed by atoms with Gasteiger partial charge in [0.15, 0.2) is 0 Å². The Kier molecular flexibility index (Phi) is 4.03. The van der Waals surface area contributed by atoms with Crippen LogP contribution in [0.25, 0.3) is 5.65 Å². The van der Waals surface area contributed by atoms with Crippen LogP contribution in [0.2, 0.25) is 0 Å². The molecule has 0 aliphatic carbocycles. The largest absolute Gasteiger partial charge is 0.315 e. The van der Waals surface area contributed by atoms with E-state index in [4.69, 9.17) is 0 Å². The number of hydrogen-bond acceptors (Lipinski definition) is 4. The Labute approximate surface area is 124 Å². The summed E-state index contributed by atoms with van der Waals surface area (Å²) >= 11 is 0. The van der Waals surface area contributed by atoms with E-state index >= 15 is 0 Å². The fourth-order valence-corrected chi connectivity index (χ4v) is 2.99. The van der Waals surface area contributed by atoms with Crippen LogP contribution < -0.4 is 10.9 Å². The van der Waals surface area contributed by atoms with Gasteiger partial charge in [-0.3, -0.25) is 14.1 Å². The molecule has 2 aromatic rings. The molecule has 1 unspecified atom stereocenters. The summed E-state index contributed by atoms with van der Waals surface area (Å²) in [4.78, 5) is 19.2. The van der Waals surface area contributed by atoms with E-state index in [1.54, 1.807) is 16.7 Å². The highest BCUT2D eigenvalue weighted by Gasteiger charge is 2.21. The Morgan fingerprint density at radius 3 is 3.05 bits per heavy atom. The Balaban J connectivity index is 1.91. The number of likely N-dealkylation sites (N-methyl/N-ethyl adjacent to an activating group) is 1. The van der Waals surface area contributed by atoms with Crippen molar-refractivity contribution in [1.82, 2.24) is 19.6 Å². The van der Waals surface area contributed by atoms with Crippen molar-refractivity contribution < 1.29 is 0 Å². The van der Waals surface area contributed by atoms with Crippen molar-refractivity contribution in [3.63, 3.8) is 0 Å². The van der Waals surface area contributed by atoms with Crippen LogP contribution in [0.15, 0.2) is 29.2 Å². The first-order valence-electron chi connectivity index (χ1n) is 7.61. The number of rotatable bonds is 4. The SMILES string of the molecule is CCN(Cc1cc(=O)n2ccc(C)cc2n1)C1CCNC1. The van der Waals surface area contributed by atoms with Gasteiger partial charge in [-0.15, -0.1) is 0 Å². The molecule has 3 rings (SSSR count). The topological polar surface area (TPSA) is 49.6 Å². The highest BCUT2D eigenvalue weighted by atomic mass is 16.1. The molecule has 1 atom stereocenters. The van der Waals surface area contributed by atoms with E-state index in [-0.39, 0.29) is 5.56 Å². The maximum absolute atomic E-state index is 12.2. The molecule has 1 aliphatic rings. The van der Waals surface area contributed by atoms with Crippen LogP contribution in [0, 0.1) is 6.92 Å². The molecule has 0 aromatic carbocycles. The quantitative estimate of drug-likeness (QED) is 0.917. The molecule has 2 aromatic heterocycles. The zero-order chi connectivity index (χ0) is 14.8. The lowest BCUT2D eigenvalue weighted by molar-refractivity contribution is 0.208. The summed E-state index contributed by atoms with van der Waals surface area (Å²) < 4.78 is 1.60. The molecule has 0 spiro atoms. The van der Waals surface area contributed by atoms with Gasteiger partial charge in [0.1, 0.15) is 5.65 Å². The van der Waals surface area contributed by atoms with Gasteiger partial charge < -0.3 is 5.32 Å². The number of hydrogen-bond donors (Lipinski definition) is 1. The van der Waals surface area contributed by atoms with Gasteiger partial charge >= 0.3 is 0 Å². The van der Waals surface area contributed by atoms with Crippen LogP contribution in [0.4, 0.5) is 0 Å².